The minimum atomic E-state index is -0.329. The Hall–Kier alpha value is -0.385. The third kappa shape index (κ3) is 3.26. The van der Waals surface area contributed by atoms with E-state index >= 15 is 0 Å². The van der Waals surface area contributed by atoms with Crippen molar-refractivity contribution in [2.45, 2.75) is 59.2 Å². The van der Waals surface area contributed by atoms with Crippen LogP contribution in [0.2, 0.25) is 0 Å². The summed E-state index contributed by atoms with van der Waals surface area (Å²) in [5.41, 5.74) is 1.47. The Morgan fingerprint density at radius 1 is 1.15 bits per heavy atom. The first-order valence-electron chi connectivity index (χ1n) is 7.13. The topological polar surface area (TPSA) is 31.4 Å². The van der Waals surface area contributed by atoms with E-state index in [0.29, 0.717) is 5.92 Å². The first-order chi connectivity index (χ1) is 9.10. The van der Waals surface area contributed by atoms with Crippen LogP contribution in [0.4, 0.5) is 0 Å². The summed E-state index contributed by atoms with van der Waals surface area (Å²) in [5, 5.41) is 0. The largest absolute Gasteiger partial charge is 0.494 e. The maximum Gasteiger partial charge on any atom is 0.494 e. The summed E-state index contributed by atoms with van der Waals surface area (Å²) in [4.78, 5) is 4.52. The molecule has 0 atom stereocenters. The average molecular weight is 340 g/mol. The predicted octanol–water partition coefficient (Wildman–Crippen LogP) is 3.34. The van der Waals surface area contributed by atoms with E-state index in [1.807, 2.05) is 6.07 Å². The molecule has 3 nitrogen and oxygen atoms in total. The Labute approximate surface area is 130 Å². The molecule has 1 aliphatic rings. The third-order valence-electron chi connectivity index (χ3n) is 4.01. The van der Waals surface area contributed by atoms with Crippen molar-refractivity contribution in [2.24, 2.45) is 5.92 Å². The molecule has 0 radical (unpaired) electrons. The van der Waals surface area contributed by atoms with E-state index in [-0.39, 0.29) is 18.3 Å². The van der Waals surface area contributed by atoms with Gasteiger partial charge in [-0.15, -0.1) is 0 Å². The molecule has 20 heavy (non-hydrogen) atoms. The van der Waals surface area contributed by atoms with Crippen molar-refractivity contribution in [1.29, 1.82) is 0 Å². The molecule has 2 heterocycles. The molecule has 1 aromatic rings. The van der Waals surface area contributed by atoms with Gasteiger partial charge < -0.3 is 9.31 Å². The SMILES string of the molecule is CC(C)Cc1cc(B2OC(C)(C)C(C)(C)O2)cc(Br)n1. The number of pyridine rings is 1. The fourth-order valence-electron chi connectivity index (χ4n) is 2.21. The molecule has 1 aromatic heterocycles. The molecular weight excluding hydrogens is 317 g/mol. The highest BCUT2D eigenvalue weighted by atomic mass is 79.9. The Bertz CT molecular complexity index is 487. The lowest BCUT2D eigenvalue weighted by molar-refractivity contribution is 0.00578. The lowest BCUT2D eigenvalue weighted by atomic mass is 9.79. The van der Waals surface area contributed by atoms with E-state index in [1.165, 1.54) is 0 Å². The minimum Gasteiger partial charge on any atom is -0.399 e. The molecule has 0 bridgehead atoms. The zero-order valence-electron chi connectivity index (χ0n) is 13.2. The molecule has 0 amide bonds. The van der Waals surface area contributed by atoms with E-state index < -0.39 is 0 Å². The molecular formula is C15H23BBrNO2. The second-order valence-corrected chi connectivity index (χ2v) is 7.71. The van der Waals surface area contributed by atoms with Gasteiger partial charge in [-0.1, -0.05) is 13.8 Å². The van der Waals surface area contributed by atoms with Crippen molar-refractivity contribution in [2.75, 3.05) is 0 Å². The average Bonchev–Trinajstić information content (AvgIpc) is 2.46. The molecule has 1 aliphatic heterocycles. The molecule has 0 aromatic carbocycles. The smallest absolute Gasteiger partial charge is 0.399 e. The highest BCUT2D eigenvalue weighted by Crippen LogP contribution is 2.36. The lowest BCUT2D eigenvalue weighted by Crippen LogP contribution is -2.41. The van der Waals surface area contributed by atoms with Gasteiger partial charge in [0.25, 0.3) is 0 Å². The molecule has 0 saturated carbocycles. The molecule has 0 spiro atoms. The van der Waals surface area contributed by atoms with Gasteiger partial charge in [0, 0.05) is 5.69 Å². The maximum atomic E-state index is 6.09. The van der Waals surface area contributed by atoms with Gasteiger partial charge in [0.1, 0.15) is 4.60 Å². The first kappa shape index (κ1) is 16.0. The Morgan fingerprint density at radius 3 is 2.20 bits per heavy atom. The van der Waals surface area contributed by atoms with E-state index in [0.717, 1.165) is 22.2 Å². The van der Waals surface area contributed by atoms with Gasteiger partial charge >= 0.3 is 7.12 Å². The number of nitrogens with zero attached hydrogens (tertiary/aromatic N) is 1. The molecule has 1 fully saturated rings. The zero-order valence-corrected chi connectivity index (χ0v) is 14.7. The highest BCUT2D eigenvalue weighted by molar-refractivity contribution is 9.10. The first-order valence-corrected chi connectivity index (χ1v) is 7.92. The lowest BCUT2D eigenvalue weighted by Gasteiger charge is -2.32. The fourth-order valence-corrected chi connectivity index (χ4v) is 2.70. The van der Waals surface area contributed by atoms with Crippen molar-refractivity contribution in [3.05, 3.63) is 22.4 Å². The summed E-state index contributed by atoms with van der Waals surface area (Å²) in [6.07, 6.45) is 0.950. The Balaban J connectivity index is 2.28. The van der Waals surface area contributed by atoms with Crippen molar-refractivity contribution in [3.63, 3.8) is 0 Å². The third-order valence-corrected chi connectivity index (χ3v) is 4.42. The fraction of sp³-hybridized carbons (Fsp3) is 0.667. The van der Waals surface area contributed by atoms with Gasteiger partial charge in [-0.2, -0.15) is 0 Å². The van der Waals surface area contributed by atoms with E-state index in [9.17, 15) is 0 Å². The van der Waals surface area contributed by atoms with Gasteiger partial charge in [-0.05, 0) is 73.6 Å². The number of hydrogen-bond donors (Lipinski definition) is 0. The van der Waals surface area contributed by atoms with Gasteiger partial charge in [0.2, 0.25) is 0 Å². The van der Waals surface area contributed by atoms with Gasteiger partial charge in [0.15, 0.2) is 0 Å². The highest BCUT2D eigenvalue weighted by Gasteiger charge is 2.51. The summed E-state index contributed by atoms with van der Waals surface area (Å²) in [6, 6.07) is 4.07. The summed E-state index contributed by atoms with van der Waals surface area (Å²) in [6.45, 7) is 12.7. The molecule has 110 valence electrons. The number of halogens is 1. The Kier molecular flexibility index (Phi) is 4.34. The summed E-state index contributed by atoms with van der Waals surface area (Å²) < 4.78 is 13.0. The van der Waals surface area contributed by atoms with Crippen LogP contribution in [0.15, 0.2) is 16.7 Å². The molecule has 5 heteroatoms. The predicted molar refractivity (Wildman–Crippen MR) is 86.2 cm³/mol. The van der Waals surface area contributed by atoms with Crippen molar-refractivity contribution < 1.29 is 9.31 Å². The van der Waals surface area contributed by atoms with Crippen LogP contribution in [0.5, 0.6) is 0 Å². The van der Waals surface area contributed by atoms with E-state index in [4.69, 9.17) is 9.31 Å². The molecule has 0 unspecified atom stereocenters. The Morgan fingerprint density at radius 2 is 1.70 bits per heavy atom. The van der Waals surface area contributed by atoms with Crippen LogP contribution < -0.4 is 5.46 Å². The maximum absolute atomic E-state index is 6.09. The van der Waals surface area contributed by atoms with Crippen LogP contribution in [0.25, 0.3) is 0 Å². The van der Waals surface area contributed by atoms with E-state index in [1.54, 1.807) is 0 Å². The van der Waals surface area contributed by atoms with Crippen LogP contribution in [-0.2, 0) is 15.7 Å². The van der Waals surface area contributed by atoms with Crippen molar-refractivity contribution in [1.82, 2.24) is 4.98 Å². The zero-order chi connectivity index (χ0) is 15.1. The standard InChI is InChI=1S/C15H23BBrNO2/c1-10(2)7-12-8-11(9-13(17)18-12)16-19-14(3,4)15(5,6)20-16/h8-10H,7H2,1-6H3. The minimum absolute atomic E-state index is 0.314. The molecule has 1 saturated heterocycles. The van der Waals surface area contributed by atoms with Gasteiger partial charge in [-0.3, -0.25) is 0 Å². The molecule has 0 aliphatic carbocycles. The van der Waals surface area contributed by atoms with Crippen LogP contribution in [0, 0.1) is 5.92 Å². The summed E-state index contributed by atoms with van der Waals surface area (Å²) >= 11 is 3.48. The number of hydrogen-bond acceptors (Lipinski definition) is 3. The molecule has 2 rings (SSSR count). The van der Waals surface area contributed by atoms with Crippen LogP contribution >= 0.6 is 15.9 Å². The summed E-state index contributed by atoms with van der Waals surface area (Å²) in [7, 11) is -0.329. The van der Waals surface area contributed by atoms with Crippen LogP contribution in [-0.4, -0.2) is 23.3 Å². The number of aromatic nitrogens is 1. The van der Waals surface area contributed by atoms with Crippen LogP contribution in [0.1, 0.15) is 47.2 Å². The quantitative estimate of drug-likeness (QED) is 0.625. The molecule has 0 N–H and O–H groups in total. The van der Waals surface area contributed by atoms with Crippen molar-refractivity contribution >= 4 is 28.5 Å². The monoisotopic (exact) mass is 339 g/mol. The van der Waals surface area contributed by atoms with Crippen LogP contribution in [0.3, 0.4) is 0 Å². The second kappa shape index (κ2) is 5.43. The second-order valence-electron chi connectivity index (χ2n) is 6.90. The summed E-state index contributed by atoms with van der Waals surface area (Å²) in [5.74, 6) is 0.572. The normalized spacial score (nSPS) is 20.7. The van der Waals surface area contributed by atoms with Crippen molar-refractivity contribution in [3.8, 4) is 0 Å². The van der Waals surface area contributed by atoms with Gasteiger partial charge in [0.05, 0.1) is 11.2 Å². The van der Waals surface area contributed by atoms with E-state index in [2.05, 4.69) is 68.5 Å². The van der Waals surface area contributed by atoms with Gasteiger partial charge in [-0.25, -0.2) is 4.98 Å². The number of rotatable bonds is 3.